The number of nitrogens with zero attached hydrogens (tertiary/aromatic N) is 1. The van der Waals surface area contributed by atoms with E-state index in [4.69, 9.17) is 4.74 Å². The minimum Gasteiger partial charge on any atom is -0.748 e. The Labute approximate surface area is 115 Å². The summed E-state index contributed by atoms with van der Waals surface area (Å²) in [6.45, 7) is 6.43. The van der Waals surface area contributed by atoms with E-state index in [2.05, 4.69) is 6.58 Å². The third-order valence-corrected chi connectivity index (χ3v) is 3.57. The van der Waals surface area contributed by atoms with Gasteiger partial charge in [0.25, 0.3) is 0 Å². The van der Waals surface area contributed by atoms with E-state index >= 15 is 0 Å². The summed E-state index contributed by atoms with van der Waals surface area (Å²) in [6.07, 6.45) is 1.90. The Morgan fingerprint density at radius 2 is 2.00 bits per heavy atom. The molecule has 1 atom stereocenters. The number of carbonyl (C=O) groups excluding carboxylic acids is 1. The van der Waals surface area contributed by atoms with Crippen molar-refractivity contribution in [3.05, 3.63) is 12.7 Å². The largest absolute Gasteiger partial charge is 0.748 e. The van der Waals surface area contributed by atoms with Crippen LogP contribution in [0.2, 0.25) is 0 Å². The van der Waals surface area contributed by atoms with Crippen molar-refractivity contribution < 1.29 is 27.0 Å². The first kappa shape index (κ1) is 18.1. The maximum Gasteiger partial charge on any atom is 0.330 e. The maximum absolute atomic E-state index is 11.0. The normalized spacial score (nSPS) is 13.9. The Balaban J connectivity index is 4.02. The monoisotopic (exact) mass is 293 g/mol. The minimum atomic E-state index is -4.14. The molecule has 0 N–H and O–H groups in total. The Bertz CT molecular complexity index is 402. The van der Waals surface area contributed by atoms with E-state index in [1.165, 1.54) is 0 Å². The topological polar surface area (TPSA) is 83.5 Å². The average molecular weight is 293 g/mol. The molecular weight excluding hydrogens is 270 g/mol. The van der Waals surface area contributed by atoms with Crippen molar-refractivity contribution in [2.75, 3.05) is 32.9 Å². The highest BCUT2D eigenvalue weighted by Gasteiger charge is 2.18. The van der Waals surface area contributed by atoms with Crippen LogP contribution < -0.4 is 0 Å². The van der Waals surface area contributed by atoms with Crippen molar-refractivity contribution in [2.45, 2.75) is 25.9 Å². The molecule has 0 radical (unpaired) electrons. The molecule has 0 heterocycles. The van der Waals surface area contributed by atoms with Crippen LogP contribution in [0.1, 0.15) is 19.8 Å². The summed E-state index contributed by atoms with van der Waals surface area (Å²) in [5, 5.41) is 0. The SMILES string of the molecule is C=CC(=O)OC(C)CC[N+](C)(C)CCCS(=O)(=O)[O-]. The van der Waals surface area contributed by atoms with Gasteiger partial charge in [0.2, 0.25) is 0 Å². The molecule has 0 amide bonds. The van der Waals surface area contributed by atoms with E-state index in [0.29, 0.717) is 23.9 Å². The van der Waals surface area contributed by atoms with Gasteiger partial charge in [-0.2, -0.15) is 0 Å². The van der Waals surface area contributed by atoms with Gasteiger partial charge >= 0.3 is 5.97 Å². The molecule has 0 aliphatic rings. The summed E-state index contributed by atoms with van der Waals surface area (Å²) in [5.74, 6) is -0.786. The highest BCUT2D eigenvalue weighted by atomic mass is 32.2. The summed E-state index contributed by atoms with van der Waals surface area (Å²) in [4.78, 5) is 11.0. The van der Waals surface area contributed by atoms with Crippen LogP contribution in [-0.4, -0.2) is 62.5 Å². The maximum atomic E-state index is 11.0. The fourth-order valence-corrected chi connectivity index (χ4v) is 2.10. The lowest BCUT2D eigenvalue weighted by Crippen LogP contribution is -2.43. The van der Waals surface area contributed by atoms with Crippen LogP contribution in [0.25, 0.3) is 0 Å². The quantitative estimate of drug-likeness (QED) is 0.268. The van der Waals surface area contributed by atoms with Gasteiger partial charge in [0.05, 0.1) is 37.3 Å². The Hall–Kier alpha value is -0.920. The van der Waals surface area contributed by atoms with Crippen molar-refractivity contribution in [2.24, 2.45) is 0 Å². The van der Waals surface area contributed by atoms with E-state index in [1.807, 2.05) is 14.1 Å². The van der Waals surface area contributed by atoms with Crippen LogP contribution in [-0.2, 0) is 19.6 Å². The van der Waals surface area contributed by atoms with Crippen LogP contribution in [0.3, 0.4) is 0 Å². The van der Waals surface area contributed by atoms with Gasteiger partial charge in [-0.25, -0.2) is 13.2 Å². The van der Waals surface area contributed by atoms with Crippen LogP contribution in [0.5, 0.6) is 0 Å². The molecule has 0 saturated carbocycles. The molecule has 0 aromatic rings. The minimum absolute atomic E-state index is 0.217. The van der Waals surface area contributed by atoms with Gasteiger partial charge in [0, 0.05) is 24.7 Å². The van der Waals surface area contributed by atoms with Gasteiger partial charge in [-0.15, -0.1) is 0 Å². The fourth-order valence-electron chi connectivity index (χ4n) is 1.62. The third-order valence-electron chi connectivity index (χ3n) is 2.78. The Morgan fingerprint density at radius 1 is 1.42 bits per heavy atom. The summed E-state index contributed by atoms with van der Waals surface area (Å²) in [7, 11) is -0.250. The van der Waals surface area contributed by atoms with E-state index in [0.717, 1.165) is 12.6 Å². The van der Waals surface area contributed by atoms with Crippen LogP contribution in [0.15, 0.2) is 12.7 Å². The number of quaternary nitrogens is 1. The molecule has 0 rings (SSSR count). The van der Waals surface area contributed by atoms with Crippen molar-refractivity contribution in [3.8, 4) is 0 Å². The van der Waals surface area contributed by atoms with Crippen LogP contribution in [0, 0.1) is 0 Å². The first-order chi connectivity index (χ1) is 8.56. The van der Waals surface area contributed by atoms with Gasteiger partial charge in [0.15, 0.2) is 0 Å². The number of carbonyl (C=O) groups is 1. The average Bonchev–Trinajstić information content (AvgIpc) is 2.24. The molecule has 112 valence electrons. The van der Waals surface area contributed by atoms with Gasteiger partial charge < -0.3 is 13.8 Å². The zero-order valence-corrected chi connectivity index (χ0v) is 12.6. The lowest BCUT2D eigenvalue weighted by molar-refractivity contribution is -0.890. The lowest BCUT2D eigenvalue weighted by atomic mass is 10.2. The van der Waals surface area contributed by atoms with Crippen molar-refractivity contribution in [3.63, 3.8) is 0 Å². The predicted molar refractivity (Wildman–Crippen MR) is 71.4 cm³/mol. The summed E-state index contributed by atoms with van der Waals surface area (Å²) in [6, 6.07) is 0. The van der Waals surface area contributed by atoms with Crippen molar-refractivity contribution in [1.29, 1.82) is 0 Å². The molecule has 1 unspecified atom stereocenters. The van der Waals surface area contributed by atoms with E-state index in [-0.39, 0.29) is 11.9 Å². The van der Waals surface area contributed by atoms with Crippen molar-refractivity contribution >= 4 is 16.1 Å². The van der Waals surface area contributed by atoms with E-state index in [1.54, 1.807) is 6.92 Å². The highest BCUT2D eigenvalue weighted by Crippen LogP contribution is 2.07. The third kappa shape index (κ3) is 10.7. The lowest BCUT2D eigenvalue weighted by Gasteiger charge is -2.31. The highest BCUT2D eigenvalue weighted by molar-refractivity contribution is 7.85. The number of hydrogen-bond donors (Lipinski definition) is 0. The number of rotatable bonds is 9. The second-order valence-electron chi connectivity index (χ2n) is 5.24. The van der Waals surface area contributed by atoms with Gasteiger partial charge in [0.1, 0.15) is 6.10 Å². The standard InChI is InChI=1S/C12H23NO5S/c1-5-12(14)18-11(2)7-9-13(3,4)8-6-10-19(15,16)17/h5,11H,1,6-10H2,2-4H3. The summed E-state index contributed by atoms with van der Waals surface area (Å²) >= 11 is 0. The second-order valence-corrected chi connectivity index (χ2v) is 6.76. The van der Waals surface area contributed by atoms with E-state index in [9.17, 15) is 17.8 Å². The number of hydrogen-bond acceptors (Lipinski definition) is 5. The van der Waals surface area contributed by atoms with Crippen molar-refractivity contribution in [1.82, 2.24) is 0 Å². The zero-order chi connectivity index (χ0) is 15.1. The molecule has 7 heteroatoms. The second kappa shape index (κ2) is 7.62. The molecule has 0 aliphatic heterocycles. The smallest absolute Gasteiger partial charge is 0.330 e. The van der Waals surface area contributed by atoms with Gasteiger partial charge in [-0.1, -0.05) is 6.58 Å². The van der Waals surface area contributed by atoms with Gasteiger partial charge in [-0.05, 0) is 6.92 Å². The van der Waals surface area contributed by atoms with Gasteiger partial charge in [-0.3, -0.25) is 0 Å². The Kier molecular flexibility index (Phi) is 7.25. The molecular formula is C12H23NO5S. The summed E-state index contributed by atoms with van der Waals surface area (Å²) in [5.41, 5.74) is 0. The van der Waals surface area contributed by atoms with Crippen LogP contribution >= 0.6 is 0 Å². The molecule has 0 aliphatic carbocycles. The molecule has 0 bridgehead atoms. The zero-order valence-electron chi connectivity index (χ0n) is 11.8. The first-order valence-corrected chi connectivity index (χ1v) is 7.72. The molecule has 0 aromatic carbocycles. The molecule has 0 spiro atoms. The summed E-state index contributed by atoms with van der Waals surface area (Å²) < 4.78 is 37.1. The molecule has 0 saturated heterocycles. The van der Waals surface area contributed by atoms with E-state index < -0.39 is 16.1 Å². The molecule has 0 aromatic heterocycles. The number of esters is 1. The predicted octanol–water partition coefficient (Wildman–Crippen LogP) is 0.506. The fraction of sp³-hybridized carbons (Fsp3) is 0.750. The van der Waals surface area contributed by atoms with Crippen LogP contribution in [0.4, 0.5) is 0 Å². The molecule has 19 heavy (non-hydrogen) atoms. The molecule has 6 nitrogen and oxygen atoms in total. The Morgan fingerprint density at radius 3 is 2.47 bits per heavy atom. The first-order valence-electron chi connectivity index (χ1n) is 6.14. The number of ether oxygens (including phenoxy) is 1. The molecule has 0 fully saturated rings.